The molecule has 2 saturated carbocycles. The maximum absolute atomic E-state index is 14.4. The summed E-state index contributed by atoms with van der Waals surface area (Å²) in [6.45, 7) is 9.34. The van der Waals surface area contributed by atoms with Gasteiger partial charge in [-0.2, -0.15) is 0 Å². The molecule has 1 saturated heterocycles. The zero-order valence-electron chi connectivity index (χ0n) is 25.2. The van der Waals surface area contributed by atoms with Crippen molar-refractivity contribution in [2.45, 2.75) is 70.4 Å². The number of likely N-dealkylation sites (tertiary alicyclic amines) is 1. The molecule has 3 fully saturated rings. The second-order valence-corrected chi connectivity index (χ2v) is 13.4. The predicted octanol–water partition coefficient (Wildman–Crippen LogP) is 6.41. The highest BCUT2D eigenvalue weighted by Gasteiger charge is 2.55. The average molecular weight is 569 g/mol. The van der Waals surface area contributed by atoms with E-state index in [2.05, 4.69) is 35.8 Å². The summed E-state index contributed by atoms with van der Waals surface area (Å²) in [7, 11) is 0. The van der Waals surface area contributed by atoms with Crippen molar-refractivity contribution in [3.63, 3.8) is 0 Å². The number of benzene rings is 3. The number of ether oxygens (including phenoxy) is 1. The monoisotopic (exact) mass is 568 g/mol. The van der Waals surface area contributed by atoms with Gasteiger partial charge in [-0.25, -0.2) is 0 Å². The molecular weight excluding hydrogens is 524 g/mol. The third-order valence-corrected chi connectivity index (χ3v) is 9.80. The molecule has 1 N–H and O–H groups in total. The predicted molar refractivity (Wildman–Crippen MR) is 165 cm³/mol. The van der Waals surface area contributed by atoms with Gasteiger partial charge in [-0.1, -0.05) is 56.3 Å². The molecule has 1 unspecified atom stereocenters. The summed E-state index contributed by atoms with van der Waals surface area (Å²) in [6.07, 6.45) is 4.59. The van der Waals surface area contributed by atoms with E-state index in [-0.39, 0.29) is 47.0 Å². The van der Waals surface area contributed by atoms with Gasteiger partial charge in [0, 0.05) is 55.9 Å². The lowest BCUT2D eigenvalue weighted by Crippen LogP contribution is -2.62. The van der Waals surface area contributed by atoms with E-state index >= 15 is 0 Å². The van der Waals surface area contributed by atoms with Crippen molar-refractivity contribution in [1.29, 1.82) is 0 Å². The zero-order valence-corrected chi connectivity index (χ0v) is 25.2. The normalized spacial score (nSPS) is 26.1. The number of amides is 1. The second kappa shape index (κ2) is 11.7. The third kappa shape index (κ3) is 5.92. The van der Waals surface area contributed by atoms with Gasteiger partial charge in [-0.15, -0.1) is 0 Å². The molecule has 6 nitrogen and oxygen atoms in total. The second-order valence-electron chi connectivity index (χ2n) is 13.4. The van der Waals surface area contributed by atoms with Gasteiger partial charge in [0.15, 0.2) is 0 Å². The molecule has 4 atom stereocenters. The molecule has 3 aromatic carbocycles. The first-order valence-corrected chi connectivity index (χ1v) is 15.7. The molecule has 1 heterocycles. The minimum absolute atomic E-state index is 0.0247. The minimum Gasteiger partial charge on any atom is -0.508 e. The van der Waals surface area contributed by atoms with Gasteiger partial charge in [-0.3, -0.25) is 9.59 Å². The van der Waals surface area contributed by atoms with Crippen LogP contribution in [-0.4, -0.2) is 65.1 Å². The number of hydrogen-bond acceptors (Lipinski definition) is 5. The van der Waals surface area contributed by atoms with Crippen LogP contribution in [0.25, 0.3) is 10.8 Å². The van der Waals surface area contributed by atoms with E-state index < -0.39 is 0 Å². The summed E-state index contributed by atoms with van der Waals surface area (Å²) in [5.41, 5.74) is 1.45. The minimum atomic E-state index is -0.319. The number of rotatable bonds is 8. The number of piperidine rings is 1. The van der Waals surface area contributed by atoms with Gasteiger partial charge in [-0.05, 0) is 84.7 Å². The molecule has 1 amide bonds. The molecule has 3 aromatic rings. The molecule has 0 radical (unpaired) electrons. The van der Waals surface area contributed by atoms with E-state index in [1.807, 2.05) is 48.5 Å². The first-order chi connectivity index (χ1) is 20.2. The molecule has 6 rings (SSSR count). The maximum atomic E-state index is 14.4. The number of hydrogen-bond donors (Lipinski definition) is 1. The van der Waals surface area contributed by atoms with E-state index in [9.17, 15) is 14.7 Å². The van der Waals surface area contributed by atoms with Crippen LogP contribution in [0.5, 0.6) is 5.75 Å². The van der Waals surface area contributed by atoms with Crippen molar-refractivity contribution >= 4 is 22.6 Å². The molecule has 0 spiro atoms. The Labute approximate surface area is 249 Å². The fourth-order valence-corrected chi connectivity index (χ4v) is 7.73. The van der Waals surface area contributed by atoms with Crippen molar-refractivity contribution in [3.05, 3.63) is 77.9 Å². The van der Waals surface area contributed by atoms with E-state index in [4.69, 9.17) is 4.74 Å². The van der Waals surface area contributed by atoms with Crippen LogP contribution in [0.4, 0.5) is 0 Å². The van der Waals surface area contributed by atoms with E-state index in [0.29, 0.717) is 18.5 Å². The Kier molecular flexibility index (Phi) is 8.01. The number of esters is 1. The largest absolute Gasteiger partial charge is 0.508 e. The van der Waals surface area contributed by atoms with Crippen molar-refractivity contribution in [2.75, 3.05) is 26.2 Å². The summed E-state index contributed by atoms with van der Waals surface area (Å²) >= 11 is 0. The molecule has 3 aliphatic rings. The molecule has 0 bridgehead atoms. The fourth-order valence-electron chi connectivity index (χ4n) is 7.73. The molecule has 2 aliphatic carbocycles. The Balaban J connectivity index is 1.40. The Morgan fingerprint density at radius 2 is 1.83 bits per heavy atom. The van der Waals surface area contributed by atoms with E-state index in [0.717, 1.165) is 54.7 Å². The Hall–Kier alpha value is -3.38. The fraction of sp³-hybridized carbons (Fsp3) is 0.500. The first kappa shape index (κ1) is 28.7. The first-order valence-electron chi connectivity index (χ1n) is 15.7. The standard InChI is InChI=1S/C36H44N2O4/c1-24(2)21-38(35(41)29-14-13-27-7-4-5-8-28(27)17-29)31-19-34(42-25(3)39)33-23-37(22-26-11-12-26)16-15-36(33,20-31)30-9-6-10-32(40)18-30/h4-10,13-14,17-18,24,26,31,33-34,40H,11-12,15-16,19-23H2,1-3H3/t31-,33-,34?,36-/m0/s1. The van der Waals surface area contributed by atoms with Crippen LogP contribution in [0.1, 0.15) is 68.8 Å². The number of phenols is 1. The van der Waals surface area contributed by atoms with Gasteiger partial charge in [0.2, 0.25) is 0 Å². The summed E-state index contributed by atoms with van der Waals surface area (Å²) in [5.74, 6) is 1.14. The van der Waals surface area contributed by atoms with Crippen LogP contribution in [0.3, 0.4) is 0 Å². The van der Waals surface area contributed by atoms with Crippen LogP contribution in [0.2, 0.25) is 0 Å². The van der Waals surface area contributed by atoms with Crippen molar-refractivity contribution in [1.82, 2.24) is 9.80 Å². The highest BCUT2D eigenvalue weighted by molar-refractivity contribution is 5.98. The molecule has 222 valence electrons. The topological polar surface area (TPSA) is 70.1 Å². The van der Waals surface area contributed by atoms with E-state index in [1.165, 1.54) is 19.8 Å². The molecule has 42 heavy (non-hydrogen) atoms. The number of nitrogens with zero attached hydrogens (tertiary/aromatic N) is 2. The number of fused-ring (bicyclic) bond motifs is 2. The number of carbonyl (C=O) groups is 2. The third-order valence-electron chi connectivity index (χ3n) is 9.80. The highest BCUT2D eigenvalue weighted by Crippen LogP contribution is 2.52. The molecule has 6 heteroatoms. The average Bonchev–Trinajstić information content (AvgIpc) is 3.79. The van der Waals surface area contributed by atoms with Crippen molar-refractivity contribution in [2.24, 2.45) is 17.8 Å². The van der Waals surface area contributed by atoms with Gasteiger partial charge in [0.1, 0.15) is 11.9 Å². The van der Waals surface area contributed by atoms with Gasteiger partial charge in [0.25, 0.3) is 5.91 Å². The summed E-state index contributed by atoms with van der Waals surface area (Å²) in [4.78, 5) is 31.5. The van der Waals surface area contributed by atoms with Crippen LogP contribution in [0, 0.1) is 17.8 Å². The van der Waals surface area contributed by atoms with Crippen LogP contribution >= 0.6 is 0 Å². The van der Waals surface area contributed by atoms with Crippen LogP contribution in [-0.2, 0) is 14.9 Å². The van der Waals surface area contributed by atoms with Crippen LogP contribution in [0.15, 0.2) is 66.7 Å². The lowest BCUT2D eigenvalue weighted by molar-refractivity contribution is -0.159. The van der Waals surface area contributed by atoms with Crippen molar-refractivity contribution < 1.29 is 19.4 Å². The highest BCUT2D eigenvalue weighted by atomic mass is 16.5. The van der Waals surface area contributed by atoms with E-state index in [1.54, 1.807) is 6.07 Å². The van der Waals surface area contributed by atoms with Crippen molar-refractivity contribution in [3.8, 4) is 5.75 Å². The summed E-state index contributed by atoms with van der Waals surface area (Å²) in [6, 6.07) is 21.6. The zero-order chi connectivity index (χ0) is 29.4. The lowest BCUT2D eigenvalue weighted by Gasteiger charge is -2.57. The molecule has 0 aromatic heterocycles. The Bertz CT molecular complexity index is 1450. The van der Waals surface area contributed by atoms with Gasteiger partial charge < -0.3 is 19.6 Å². The summed E-state index contributed by atoms with van der Waals surface area (Å²) in [5, 5.41) is 12.7. The smallest absolute Gasteiger partial charge is 0.302 e. The molecular formula is C36H44N2O4. The quantitative estimate of drug-likeness (QED) is 0.318. The Morgan fingerprint density at radius 1 is 1.05 bits per heavy atom. The molecule has 1 aliphatic heterocycles. The van der Waals surface area contributed by atoms with Crippen LogP contribution < -0.4 is 0 Å². The van der Waals surface area contributed by atoms with Gasteiger partial charge >= 0.3 is 5.97 Å². The lowest BCUT2D eigenvalue weighted by atomic mass is 9.56. The Morgan fingerprint density at radius 3 is 2.55 bits per heavy atom. The summed E-state index contributed by atoms with van der Waals surface area (Å²) < 4.78 is 6.17. The SMILES string of the molecule is CC(=O)OC1C[C@H](N(CC(C)C)C(=O)c2ccc3ccccc3c2)C[C@]2(c3cccc(O)c3)CCN(CC3CC3)C[C@@H]12. The number of aromatic hydroxyl groups is 1. The number of phenolic OH excluding ortho intramolecular Hbond substituents is 1. The maximum Gasteiger partial charge on any atom is 0.302 e. The number of carbonyl (C=O) groups excluding carboxylic acids is 2. The van der Waals surface area contributed by atoms with Gasteiger partial charge in [0.05, 0.1) is 0 Å².